The van der Waals surface area contributed by atoms with Gasteiger partial charge in [0.25, 0.3) is 0 Å². The van der Waals surface area contributed by atoms with Gasteiger partial charge in [-0.2, -0.15) is 0 Å². The van der Waals surface area contributed by atoms with Gasteiger partial charge in [0.2, 0.25) is 0 Å². The number of hydrogen-bond donors (Lipinski definition) is 0. The number of carbonyl (C=O) groups excluding carboxylic acids is 1. The molecule has 1 fully saturated rings. The second-order valence-corrected chi connectivity index (χ2v) is 6.91. The lowest BCUT2D eigenvalue weighted by atomic mass is 9.80. The highest BCUT2D eigenvalue weighted by Crippen LogP contribution is 2.34. The van der Waals surface area contributed by atoms with Crippen molar-refractivity contribution in [2.24, 2.45) is 4.99 Å². The van der Waals surface area contributed by atoms with Crippen molar-refractivity contribution in [2.75, 3.05) is 14.2 Å². The molecule has 4 nitrogen and oxygen atoms in total. The van der Waals surface area contributed by atoms with E-state index in [0.29, 0.717) is 12.8 Å². The maximum absolute atomic E-state index is 12.4. The normalized spacial score (nSPS) is 24.7. The van der Waals surface area contributed by atoms with E-state index in [1.165, 1.54) is 23.8 Å². The van der Waals surface area contributed by atoms with Crippen LogP contribution in [0, 0.1) is 13.8 Å². The van der Waals surface area contributed by atoms with Crippen LogP contribution < -0.4 is 0 Å². The standard InChI is InChI=1S/C20H29NO3/c1-14-6-7-15(2)17(12-14)13-16(3)21-20(19(22)24-5)10-8-18(23-4)9-11-20/h6-7,12,18H,8-11,13H2,1-5H3. The van der Waals surface area contributed by atoms with Gasteiger partial charge in [0.1, 0.15) is 0 Å². The molecule has 1 aromatic rings. The second-order valence-electron chi connectivity index (χ2n) is 6.91. The lowest BCUT2D eigenvalue weighted by molar-refractivity contribution is -0.149. The van der Waals surface area contributed by atoms with Gasteiger partial charge in [-0.1, -0.05) is 23.8 Å². The third-order valence-electron chi connectivity index (χ3n) is 5.01. The van der Waals surface area contributed by atoms with E-state index >= 15 is 0 Å². The molecule has 0 radical (unpaired) electrons. The monoisotopic (exact) mass is 331 g/mol. The highest BCUT2D eigenvalue weighted by molar-refractivity contribution is 5.90. The number of benzene rings is 1. The van der Waals surface area contributed by atoms with Crippen LogP contribution in [0.4, 0.5) is 0 Å². The quantitative estimate of drug-likeness (QED) is 0.609. The van der Waals surface area contributed by atoms with Crippen LogP contribution >= 0.6 is 0 Å². The van der Waals surface area contributed by atoms with E-state index < -0.39 is 5.54 Å². The highest BCUT2D eigenvalue weighted by atomic mass is 16.5. The fourth-order valence-electron chi connectivity index (χ4n) is 3.53. The zero-order valence-corrected chi connectivity index (χ0v) is 15.5. The van der Waals surface area contributed by atoms with Crippen molar-refractivity contribution in [3.63, 3.8) is 0 Å². The number of methoxy groups -OCH3 is 2. The van der Waals surface area contributed by atoms with Crippen LogP contribution in [0.2, 0.25) is 0 Å². The summed E-state index contributed by atoms with van der Waals surface area (Å²) in [4.78, 5) is 17.3. The number of ether oxygens (including phenoxy) is 2. The average Bonchev–Trinajstić information content (AvgIpc) is 2.58. The van der Waals surface area contributed by atoms with Crippen molar-refractivity contribution in [3.05, 3.63) is 34.9 Å². The van der Waals surface area contributed by atoms with Gasteiger partial charge in [-0.3, -0.25) is 4.99 Å². The minimum atomic E-state index is -0.744. The molecule has 0 atom stereocenters. The molecule has 132 valence electrons. The van der Waals surface area contributed by atoms with Crippen molar-refractivity contribution in [1.82, 2.24) is 0 Å². The minimum Gasteiger partial charge on any atom is -0.467 e. The maximum Gasteiger partial charge on any atom is 0.333 e. The van der Waals surface area contributed by atoms with Crippen LogP contribution in [0.25, 0.3) is 0 Å². The van der Waals surface area contributed by atoms with E-state index in [4.69, 9.17) is 14.5 Å². The Labute approximate surface area is 145 Å². The summed E-state index contributed by atoms with van der Waals surface area (Å²) in [7, 11) is 3.17. The van der Waals surface area contributed by atoms with E-state index in [1.54, 1.807) is 7.11 Å². The predicted octanol–water partition coefficient (Wildman–Crippen LogP) is 3.81. The summed E-state index contributed by atoms with van der Waals surface area (Å²) in [6.45, 7) is 6.22. The van der Waals surface area contributed by atoms with Gasteiger partial charge in [-0.25, -0.2) is 4.79 Å². The molecule has 0 aromatic heterocycles. The number of hydrogen-bond acceptors (Lipinski definition) is 4. The highest BCUT2D eigenvalue weighted by Gasteiger charge is 2.43. The third-order valence-corrected chi connectivity index (χ3v) is 5.01. The molecular weight excluding hydrogens is 302 g/mol. The van der Waals surface area contributed by atoms with E-state index in [1.807, 2.05) is 6.92 Å². The van der Waals surface area contributed by atoms with Crippen LogP contribution in [0.3, 0.4) is 0 Å². The molecule has 0 saturated heterocycles. The SMILES string of the molecule is COC(=O)C1(N=C(C)Cc2cc(C)ccc2C)CCC(OC)CC1. The fourth-order valence-corrected chi connectivity index (χ4v) is 3.53. The van der Waals surface area contributed by atoms with E-state index in [0.717, 1.165) is 25.0 Å². The van der Waals surface area contributed by atoms with Crippen LogP contribution in [-0.4, -0.2) is 37.5 Å². The molecule has 1 aromatic carbocycles. The smallest absolute Gasteiger partial charge is 0.333 e. The van der Waals surface area contributed by atoms with E-state index in [2.05, 4.69) is 32.0 Å². The van der Waals surface area contributed by atoms with E-state index in [-0.39, 0.29) is 12.1 Å². The van der Waals surface area contributed by atoms with Gasteiger partial charge in [-0.05, 0) is 57.6 Å². The molecule has 0 amide bonds. The Morgan fingerprint density at radius 3 is 2.50 bits per heavy atom. The molecule has 0 unspecified atom stereocenters. The van der Waals surface area contributed by atoms with Gasteiger partial charge in [-0.15, -0.1) is 0 Å². The first-order valence-electron chi connectivity index (χ1n) is 8.63. The van der Waals surface area contributed by atoms with Crippen LogP contribution in [0.1, 0.15) is 49.3 Å². The molecular formula is C20H29NO3. The van der Waals surface area contributed by atoms with Crippen LogP contribution in [0.15, 0.2) is 23.2 Å². The average molecular weight is 331 g/mol. The Hall–Kier alpha value is -1.68. The van der Waals surface area contributed by atoms with Crippen molar-refractivity contribution in [2.45, 2.75) is 64.5 Å². The molecule has 0 heterocycles. The first-order chi connectivity index (χ1) is 11.4. The summed E-state index contributed by atoms with van der Waals surface area (Å²) in [5.74, 6) is -0.225. The summed E-state index contributed by atoms with van der Waals surface area (Å²) in [6.07, 6.45) is 4.03. The van der Waals surface area contributed by atoms with E-state index in [9.17, 15) is 4.79 Å². The molecule has 2 rings (SSSR count). The molecule has 24 heavy (non-hydrogen) atoms. The first kappa shape index (κ1) is 18.7. The zero-order valence-electron chi connectivity index (χ0n) is 15.5. The van der Waals surface area contributed by atoms with Gasteiger partial charge in [0.15, 0.2) is 5.54 Å². The van der Waals surface area contributed by atoms with Gasteiger partial charge in [0.05, 0.1) is 13.2 Å². The number of aryl methyl sites for hydroxylation is 2. The van der Waals surface area contributed by atoms with Crippen LogP contribution in [0.5, 0.6) is 0 Å². The summed E-state index contributed by atoms with van der Waals surface area (Å²) in [6, 6.07) is 6.45. The summed E-state index contributed by atoms with van der Waals surface area (Å²) >= 11 is 0. The predicted molar refractivity (Wildman–Crippen MR) is 96.7 cm³/mol. The van der Waals surface area contributed by atoms with Crippen molar-refractivity contribution < 1.29 is 14.3 Å². The number of nitrogens with zero attached hydrogens (tertiary/aromatic N) is 1. The molecule has 4 heteroatoms. The second kappa shape index (κ2) is 7.93. The van der Waals surface area contributed by atoms with Gasteiger partial charge >= 0.3 is 5.97 Å². The Bertz CT molecular complexity index is 613. The molecule has 0 aliphatic heterocycles. The Morgan fingerprint density at radius 1 is 1.25 bits per heavy atom. The Balaban J connectivity index is 2.22. The molecule has 1 saturated carbocycles. The Morgan fingerprint density at radius 2 is 1.92 bits per heavy atom. The summed E-state index contributed by atoms with van der Waals surface area (Å²) < 4.78 is 10.5. The minimum absolute atomic E-state index is 0.220. The first-order valence-corrected chi connectivity index (χ1v) is 8.63. The topological polar surface area (TPSA) is 47.9 Å². The van der Waals surface area contributed by atoms with Crippen molar-refractivity contribution in [1.29, 1.82) is 0 Å². The van der Waals surface area contributed by atoms with Crippen molar-refractivity contribution in [3.8, 4) is 0 Å². The number of esters is 1. The third kappa shape index (κ3) is 4.23. The molecule has 1 aliphatic rings. The molecule has 1 aliphatic carbocycles. The lowest BCUT2D eigenvalue weighted by Crippen LogP contribution is -2.43. The lowest BCUT2D eigenvalue weighted by Gasteiger charge is -2.34. The zero-order chi connectivity index (χ0) is 17.7. The van der Waals surface area contributed by atoms with Crippen LogP contribution in [-0.2, 0) is 20.7 Å². The number of carbonyl (C=O) groups is 1. The van der Waals surface area contributed by atoms with Crippen molar-refractivity contribution >= 4 is 11.7 Å². The fraction of sp³-hybridized carbons (Fsp3) is 0.600. The Kier molecular flexibility index (Phi) is 6.16. The number of aliphatic imine (C=N–C) groups is 1. The largest absolute Gasteiger partial charge is 0.467 e. The molecule has 0 spiro atoms. The summed E-state index contributed by atoms with van der Waals surface area (Å²) in [5.41, 5.74) is 4.00. The molecule has 0 bridgehead atoms. The van der Waals surface area contributed by atoms with Gasteiger partial charge < -0.3 is 9.47 Å². The molecule has 0 N–H and O–H groups in total. The van der Waals surface area contributed by atoms with Gasteiger partial charge in [0, 0.05) is 19.2 Å². The summed E-state index contributed by atoms with van der Waals surface area (Å²) in [5, 5.41) is 0. The number of rotatable bonds is 5. The maximum atomic E-state index is 12.4.